The highest BCUT2D eigenvalue weighted by molar-refractivity contribution is 7.11. The molecule has 6 heteroatoms. The van der Waals surface area contributed by atoms with Crippen molar-refractivity contribution in [3.63, 3.8) is 0 Å². The maximum Gasteiger partial charge on any atom is 0.315 e. The SMILES string of the molecule is Cc1nc(C)c(CCNC(=O)N[C@@H](C)Cc2ccsc2)s1. The maximum atomic E-state index is 11.8. The van der Waals surface area contributed by atoms with E-state index in [1.165, 1.54) is 10.4 Å². The van der Waals surface area contributed by atoms with Crippen LogP contribution in [0.25, 0.3) is 0 Å². The Balaban J connectivity index is 1.68. The summed E-state index contributed by atoms with van der Waals surface area (Å²) in [6.45, 7) is 6.68. The lowest BCUT2D eigenvalue weighted by molar-refractivity contribution is 0.238. The van der Waals surface area contributed by atoms with Gasteiger partial charge in [-0.3, -0.25) is 0 Å². The number of amides is 2. The van der Waals surface area contributed by atoms with Crippen LogP contribution in [0.4, 0.5) is 4.79 Å². The van der Waals surface area contributed by atoms with E-state index in [-0.39, 0.29) is 12.1 Å². The van der Waals surface area contributed by atoms with Crippen LogP contribution in [0, 0.1) is 13.8 Å². The van der Waals surface area contributed by atoms with Gasteiger partial charge in [0, 0.05) is 23.9 Å². The van der Waals surface area contributed by atoms with Gasteiger partial charge in [-0.05, 0) is 49.6 Å². The van der Waals surface area contributed by atoms with Gasteiger partial charge in [0.1, 0.15) is 0 Å². The van der Waals surface area contributed by atoms with E-state index >= 15 is 0 Å². The second-order valence-corrected chi connectivity index (χ2v) is 7.20. The second-order valence-electron chi connectivity index (χ2n) is 5.13. The molecule has 0 aliphatic carbocycles. The van der Waals surface area contributed by atoms with Gasteiger partial charge in [0.05, 0.1) is 10.7 Å². The van der Waals surface area contributed by atoms with Crippen molar-refractivity contribution in [2.45, 2.75) is 39.7 Å². The molecule has 0 aromatic carbocycles. The third kappa shape index (κ3) is 5.13. The molecule has 4 nitrogen and oxygen atoms in total. The summed E-state index contributed by atoms with van der Waals surface area (Å²) in [6.07, 6.45) is 1.70. The molecular formula is C15H21N3OS2. The number of nitrogens with one attached hydrogen (secondary N) is 2. The van der Waals surface area contributed by atoms with Gasteiger partial charge in [-0.25, -0.2) is 9.78 Å². The Hall–Kier alpha value is -1.40. The second kappa shape index (κ2) is 7.56. The van der Waals surface area contributed by atoms with E-state index in [0.29, 0.717) is 6.54 Å². The smallest absolute Gasteiger partial charge is 0.315 e. The highest BCUT2D eigenvalue weighted by Crippen LogP contribution is 2.17. The van der Waals surface area contributed by atoms with Crippen LogP contribution < -0.4 is 10.6 Å². The first-order chi connectivity index (χ1) is 10.0. The summed E-state index contributed by atoms with van der Waals surface area (Å²) in [6, 6.07) is 2.12. The van der Waals surface area contributed by atoms with Crippen LogP contribution in [-0.2, 0) is 12.8 Å². The summed E-state index contributed by atoms with van der Waals surface area (Å²) < 4.78 is 0. The minimum absolute atomic E-state index is 0.100. The van der Waals surface area contributed by atoms with Crippen molar-refractivity contribution in [3.8, 4) is 0 Å². The van der Waals surface area contributed by atoms with E-state index in [0.717, 1.165) is 23.5 Å². The van der Waals surface area contributed by atoms with Crippen LogP contribution in [0.1, 0.15) is 28.1 Å². The van der Waals surface area contributed by atoms with Crippen molar-refractivity contribution in [2.24, 2.45) is 0 Å². The lowest BCUT2D eigenvalue weighted by Gasteiger charge is -2.13. The summed E-state index contributed by atoms with van der Waals surface area (Å²) in [5.41, 5.74) is 2.34. The zero-order chi connectivity index (χ0) is 15.2. The summed E-state index contributed by atoms with van der Waals surface area (Å²) in [7, 11) is 0. The van der Waals surface area contributed by atoms with Crippen molar-refractivity contribution >= 4 is 28.7 Å². The third-order valence-corrected chi connectivity index (χ3v) is 5.00. The van der Waals surface area contributed by atoms with Gasteiger partial charge in [0.25, 0.3) is 0 Å². The largest absolute Gasteiger partial charge is 0.338 e. The molecule has 2 aromatic rings. The van der Waals surface area contributed by atoms with Gasteiger partial charge in [-0.1, -0.05) is 0 Å². The standard InChI is InChI=1S/C15H21N3OS2/c1-10(8-13-5-7-20-9-13)17-15(19)16-6-4-14-11(2)18-12(3)21-14/h5,7,9-10H,4,6,8H2,1-3H3,(H2,16,17,19)/t10-/m0/s1. The molecule has 0 saturated heterocycles. The molecule has 0 spiro atoms. The summed E-state index contributed by atoms with van der Waals surface area (Å²) in [5.74, 6) is 0. The number of carbonyl (C=O) groups excluding carboxylic acids is 1. The lowest BCUT2D eigenvalue weighted by Crippen LogP contribution is -2.42. The van der Waals surface area contributed by atoms with Gasteiger partial charge in [0.2, 0.25) is 0 Å². The molecule has 0 saturated carbocycles. The van der Waals surface area contributed by atoms with Crippen LogP contribution in [0.3, 0.4) is 0 Å². The minimum atomic E-state index is -0.100. The number of nitrogens with zero attached hydrogens (tertiary/aromatic N) is 1. The lowest BCUT2D eigenvalue weighted by atomic mass is 10.1. The number of thiazole rings is 1. The predicted octanol–water partition coefficient (Wildman–Crippen LogP) is 3.29. The molecule has 0 aliphatic rings. The number of carbonyl (C=O) groups is 1. The number of urea groups is 1. The molecule has 0 unspecified atom stereocenters. The Morgan fingerprint density at radius 3 is 2.86 bits per heavy atom. The zero-order valence-electron chi connectivity index (χ0n) is 12.6. The number of aryl methyl sites for hydroxylation is 2. The van der Waals surface area contributed by atoms with Crippen LogP contribution in [0.15, 0.2) is 16.8 Å². The molecular weight excluding hydrogens is 302 g/mol. The zero-order valence-corrected chi connectivity index (χ0v) is 14.2. The molecule has 2 rings (SSSR count). The number of hydrogen-bond donors (Lipinski definition) is 2. The Kier molecular flexibility index (Phi) is 5.76. The van der Waals surface area contributed by atoms with E-state index in [2.05, 4.69) is 32.4 Å². The Morgan fingerprint density at radius 2 is 2.24 bits per heavy atom. The highest BCUT2D eigenvalue weighted by Gasteiger charge is 2.09. The van der Waals surface area contributed by atoms with E-state index in [1.54, 1.807) is 22.7 Å². The molecule has 0 radical (unpaired) electrons. The van der Waals surface area contributed by atoms with Crippen LogP contribution in [0.2, 0.25) is 0 Å². The Labute approximate surface area is 133 Å². The Morgan fingerprint density at radius 1 is 1.43 bits per heavy atom. The molecule has 1 atom stereocenters. The molecule has 0 aliphatic heterocycles. The Bertz CT molecular complexity index is 578. The number of rotatable bonds is 6. The predicted molar refractivity (Wildman–Crippen MR) is 89.3 cm³/mol. The van der Waals surface area contributed by atoms with E-state index < -0.39 is 0 Å². The molecule has 2 N–H and O–H groups in total. The first kappa shape index (κ1) is 16.0. The molecule has 2 heterocycles. The van der Waals surface area contributed by atoms with E-state index in [1.807, 2.05) is 20.8 Å². The van der Waals surface area contributed by atoms with Gasteiger partial charge < -0.3 is 10.6 Å². The first-order valence-corrected chi connectivity index (χ1v) is 8.79. The fraction of sp³-hybridized carbons (Fsp3) is 0.467. The summed E-state index contributed by atoms with van der Waals surface area (Å²) in [5, 5.41) is 11.1. The third-order valence-electron chi connectivity index (χ3n) is 3.14. The minimum Gasteiger partial charge on any atom is -0.338 e. The van der Waals surface area contributed by atoms with E-state index in [4.69, 9.17) is 0 Å². The fourth-order valence-corrected chi connectivity index (χ4v) is 3.80. The average molecular weight is 323 g/mol. The van der Waals surface area contributed by atoms with Crippen LogP contribution in [-0.4, -0.2) is 23.6 Å². The normalized spacial score (nSPS) is 12.1. The number of thiophene rings is 1. The van der Waals surface area contributed by atoms with Gasteiger partial charge >= 0.3 is 6.03 Å². The van der Waals surface area contributed by atoms with E-state index in [9.17, 15) is 4.79 Å². The fourth-order valence-electron chi connectivity index (χ4n) is 2.18. The van der Waals surface area contributed by atoms with Gasteiger partial charge in [-0.2, -0.15) is 11.3 Å². The van der Waals surface area contributed by atoms with Crippen molar-refractivity contribution in [1.82, 2.24) is 15.6 Å². The molecule has 2 amide bonds. The van der Waals surface area contributed by atoms with Crippen molar-refractivity contribution in [2.75, 3.05) is 6.54 Å². The number of hydrogen-bond acceptors (Lipinski definition) is 4. The van der Waals surface area contributed by atoms with Gasteiger partial charge in [0.15, 0.2) is 0 Å². The monoisotopic (exact) mass is 323 g/mol. The topological polar surface area (TPSA) is 54.0 Å². The molecule has 0 fully saturated rings. The van der Waals surface area contributed by atoms with Crippen molar-refractivity contribution in [3.05, 3.63) is 38.0 Å². The van der Waals surface area contributed by atoms with Gasteiger partial charge in [-0.15, -0.1) is 11.3 Å². The molecule has 2 aromatic heterocycles. The van der Waals surface area contributed by atoms with Crippen molar-refractivity contribution in [1.29, 1.82) is 0 Å². The summed E-state index contributed by atoms with van der Waals surface area (Å²) in [4.78, 5) is 17.5. The summed E-state index contributed by atoms with van der Waals surface area (Å²) >= 11 is 3.38. The molecule has 21 heavy (non-hydrogen) atoms. The average Bonchev–Trinajstić information content (AvgIpc) is 2.99. The maximum absolute atomic E-state index is 11.8. The first-order valence-electron chi connectivity index (χ1n) is 7.03. The van der Waals surface area contributed by atoms with Crippen molar-refractivity contribution < 1.29 is 4.79 Å². The van der Waals surface area contributed by atoms with Crippen LogP contribution in [0.5, 0.6) is 0 Å². The molecule has 114 valence electrons. The molecule has 0 bridgehead atoms. The number of aromatic nitrogens is 1. The van der Waals surface area contributed by atoms with Crippen LogP contribution >= 0.6 is 22.7 Å². The highest BCUT2D eigenvalue weighted by atomic mass is 32.1. The quantitative estimate of drug-likeness (QED) is 0.857.